The van der Waals surface area contributed by atoms with Crippen molar-refractivity contribution < 1.29 is 23.8 Å². The molecule has 174 valence electrons. The molecule has 5 heteroatoms. The van der Waals surface area contributed by atoms with Crippen molar-refractivity contribution in [1.29, 1.82) is 0 Å². The van der Waals surface area contributed by atoms with Gasteiger partial charge in [-0.3, -0.25) is 4.79 Å². The highest BCUT2D eigenvalue weighted by Gasteiger charge is 2.12. The van der Waals surface area contributed by atoms with Crippen LogP contribution >= 0.6 is 0 Å². The Morgan fingerprint density at radius 2 is 1.09 bits per heavy atom. The van der Waals surface area contributed by atoms with Crippen LogP contribution in [0.2, 0.25) is 0 Å². The molecule has 2 rings (SSSR count). The van der Waals surface area contributed by atoms with Crippen LogP contribution in [0, 0.1) is 0 Å². The van der Waals surface area contributed by atoms with Gasteiger partial charge in [-0.2, -0.15) is 0 Å². The van der Waals surface area contributed by atoms with Crippen molar-refractivity contribution in [3.63, 3.8) is 0 Å². The minimum absolute atomic E-state index is 0.250. The van der Waals surface area contributed by atoms with Crippen molar-refractivity contribution in [1.82, 2.24) is 0 Å². The molecule has 0 aliphatic rings. The number of rotatable bonds is 16. The monoisotopic (exact) mass is 440 g/mol. The number of Topliss-reactive ketones (excluding diaryl/α,β-unsaturated/α-hetero) is 1. The first kappa shape index (κ1) is 25.4. The number of hydrogen-bond acceptors (Lipinski definition) is 5. The van der Waals surface area contributed by atoms with Crippen LogP contribution in [0.3, 0.4) is 0 Å². The quantitative estimate of drug-likeness (QED) is 0.166. The van der Waals surface area contributed by atoms with Crippen LogP contribution in [0.4, 0.5) is 0 Å². The Morgan fingerprint density at radius 3 is 1.56 bits per heavy atom. The highest BCUT2D eigenvalue weighted by molar-refractivity contribution is 5.99. The molecule has 0 unspecified atom stereocenters. The van der Waals surface area contributed by atoms with E-state index in [1.54, 1.807) is 48.5 Å². The molecule has 0 bridgehead atoms. The van der Waals surface area contributed by atoms with E-state index in [2.05, 4.69) is 13.8 Å². The minimum atomic E-state index is -0.528. The van der Waals surface area contributed by atoms with Gasteiger partial charge in [0.05, 0.1) is 18.8 Å². The highest BCUT2D eigenvalue weighted by atomic mass is 16.5. The summed E-state index contributed by atoms with van der Waals surface area (Å²) < 4.78 is 16.5. The fraction of sp³-hybridized carbons (Fsp3) is 0.481. The molecular formula is C27H36O5. The Bertz CT molecular complexity index is 726. The predicted molar refractivity (Wildman–Crippen MR) is 127 cm³/mol. The molecule has 0 saturated heterocycles. The molecule has 2 aromatic rings. The van der Waals surface area contributed by atoms with Crippen molar-refractivity contribution in [3.05, 3.63) is 59.7 Å². The van der Waals surface area contributed by atoms with E-state index in [0.717, 1.165) is 37.2 Å². The van der Waals surface area contributed by atoms with E-state index in [1.807, 2.05) is 0 Å². The van der Waals surface area contributed by atoms with Crippen molar-refractivity contribution >= 4 is 11.8 Å². The third-order valence-corrected chi connectivity index (χ3v) is 5.13. The second-order valence-corrected chi connectivity index (χ2v) is 7.87. The molecule has 0 aliphatic heterocycles. The lowest BCUT2D eigenvalue weighted by atomic mass is 10.1. The number of carbonyl (C=O) groups excluding carboxylic acids is 2. The summed E-state index contributed by atoms with van der Waals surface area (Å²) in [6, 6.07) is 13.8. The number of ketones is 1. The first-order valence-electron chi connectivity index (χ1n) is 11.8. The zero-order valence-electron chi connectivity index (χ0n) is 19.4. The molecule has 0 aromatic heterocycles. The van der Waals surface area contributed by atoms with Crippen molar-refractivity contribution in [2.45, 2.75) is 65.2 Å². The van der Waals surface area contributed by atoms with Gasteiger partial charge >= 0.3 is 5.97 Å². The van der Waals surface area contributed by atoms with Gasteiger partial charge in [0.15, 0.2) is 12.4 Å². The zero-order chi connectivity index (χ0) is 23.0. The lowest BCUT2D eigenvalue weighted by Crippen LogP contribution is -2.14. The van der Waals surface area contributed by atoms with Crippen LogP contribution in [0.15, 0.2) is 48.5 Å². The lowest BCUT2D eigenvalue weighted by molar-refractivity contribution is 0.0474. The summed E-state index contributed by atoms with van der Waals surface area (Å²) in [6.45, 7) is 5.39. The van der Waals surface area contributed by atoms with E-state index in [-0.39, 0.29) is 12.4 Å². The Labute approximate surface area is 192 Å². The molecule has 0 saturated carbocycles. The van der Waals surface area contributed by atoms with Gasteiger partial charge in [0.2, 0.25) is 0 Å². The molecule has 0 aliphatic carbocycles. The zero-order valence-corrected chi connectivity index (χ0v) is 19.4. The SMILES string of the molecule is CCCCCCOc1ccc(C(=O)COC(=O)c2ccc(OCCCCCC)cc2)cc1. The van der Waals surface area contributed by atoms with Gasteiger partial charge in [0, 0.05) is 5.56 Å². The van der Waals surface area contributed by atoms with Crippen LogP contribution in [0.1, 0.15) is 85.9 Å². The minimum Gasteiger partial charge on any atom is -0.494 e. The second kappa shape index (κ2) is 15.1. The smallest absolute Gasteiger partial charge is 0.338 e. The fourth-order valence-corrected chi connectivity index (χ4v) is 3.16. The van der Waals surface area contributed by atoms with E-state index >= 15 is 0 Å². The van der Waals surface area contributed by atoms with Gasteiger partial charge in [-0.25, -0.2) is 4.79 Å². The van der Waals surface area contributed by atoms with Crippen LogP contribution in [-0.4, -0.2) is 31.6 Å². The highest BCUT2D eigenvalue weighted by Crippen LogP contribution is 2.16. The fourth-order valence-electron chi connectivity index (χ4n) is 3.16. The largest absolute Gasteiger partial charge is 0.494 e. The van der Waals surface area contributed by atoms with Crippen molar-refractivity contribution in [3.8, 4) is 11.5 Å². The molecule has 2 aromatic carbocycles. The molecule has 0 heterocycles. The van der Waals surface area contributed by atoms with Gasteiger partial charge in [0.1, 0.15) is 11.5 Å². The Hall–Kier alpha value is -2.82. The summed E-state index contributed by atoms with van der Waals surface area (Å²) in [6.07, 6.45) is 9.17. The van der Waals surface area contributed by atoms with Gasteiger partial charge in [0.25, 0.3) is 0 Å². The van der Waals surface area contributed by atoms with E-state index in [9.17, 15) is 9.59 Å². The Balaban J connectivity index is 1.72. The lowest BCUT2D eigenvalue weighted by Gasteiger charge is -2.08. The predicted octanol–water partition coefficient (Wildman–Crippen LogP) is 6.64. The average molecular weight is 441 g/mol. The number of ether oxygens (including phenoxy) is 3. The summed E-state index contributed by atoms with van der Waals surface area (Å²) in [5.41, 5.74) is 0.880. The van der Waals surface area contributed by atoms with Crippen molar-refractivity contribution in [2.75, 3.05) is 19.8 Å². The molecule has 0 spiro atoms. The maximum atomic E-state index is 12.3. The maximum Gasteiger partial charge on any atom is 0.338 e. The van der Waals surface area contributed by atoms with Crippen LogP contribution in [0.5, 0.6) is 11.5 Å². The summed E-state index contributed by atoms with van der Waals surface area (Å²) in [7, 11) is 0. The first-order valence-corrected chi connectivity index (χ1v) is 11.8. The molecule has 0 amide bonds. The number of benzene rings is 2. The molecule has 0 radical (unpaired) electrons. The van der Waals surface area contributed by atoms with E-state index in [0.29, 0.717) is 24.3 Å². The molecule has 0 fully saturated rings. The van der Waals surface area contributed by atoms with E-state index in [1.165, 1.54) is 25.7 Å². The molecule has 5 nitrogen and oxygen atoms in total. The molecule has 0 atom stereocenters. The number of unbranched alkanes of at least 4 members (excludes halogenated alkanes) is 6. The standard InChI is InChI=1S/C27H36O5/c1-3-5-7-9-19-30-24-15-11-22(12-16-24)26(28)21-32-27(29)23-13-17-25(18-14-23)31-20-10-8-6-4-2/h11-18H,3-10,19-21H2,1-2H3. The summed E-state index contributed by atoms with van der Waals surface area (Å²) in [5.74, 6) is 0.685. The summed E-state index contributed by atoms with van der Waals surface area (Å²) in [4.78, 5) is 24.6. The molecule has 32 heavy (non-hydrogen) atoms. The third kappa shape index (κ3) is 9.54. The topological polar surface area (TPSA) is 61.8 Å². The second-order valence-electron chi connectivity index (χ2n) is 7.87. The Kier molecular flexibility index (Phi) is 12.0. The molecular weight excluding hydrogens is 404 g/mol. The number of carbonyl (C=O) groups is 2. The summed E-state index contributed by atoms with van der Waals surface area (Å²) in [5, 5.41) is 0. The molecule has 0 N–H and O–H groups in total. The van der Waals surface area contributed by atoms with Gasteiger partial charge in [-0.1, -0.05) is 52.4 Å². The third-order valence-electron chi connectivity index (χ3n) is 5.13. The van der Waals surface area contributed by atoms with Gasteiger partial charge in [-0.05, 0) is 61.4 Å². The first-order chi connectivity index (χ1) is 15.6. The van der Waals surface area contributed by atoms with E-state index in [4.69, 9.17) is 14.2 Å². The normalized spacial score (nSPS) is 10.6. The van der Waals surface area contributed by atoms with Crippen molar-refractivity contribution in [2.24, 2.45) is 0 Å². The van der Waals surface area contributed by atoms with Gasteiger partial charge in [-0.15, -0.1) is 0 Å². The average Bonchev–Trinajstić information content (AvgIpc) is 2.83. The van der Waals surface area contributed by atoms with Crippen LogP contribution < -0.4 is 9.47 Å². The van der Waals surface area contributed by atoms with Gasteiger partial charge < -0.3 is 14.2 Å². The van der Waals surface area contributed by atoms with Crippen LogP contribution in [-0.2, 0) is 4.74 Å². The summed E-state index contributed by atoms with van der Waals surface area (Å²) >= 11 is 0. The number of hydrogen-bond donors (Lipinski definition) is 0. The van der Waals surface area contributed by atoms with E-state index < -0.39 is 5.97 Å². The Morgan fingerprint density at radius 1 is 0.625 bits per heavy atom. The van der Waals surface area contributed by atoms with Crippen LogP contribution in [0.25, 0.3) is 0 Å². The number of esters is 1. The maximum absolute atomic E-state index is 12.3.